The molecule has 1 aliphatic heterocycles. The summed E-state index contributed by atoms with van der Waals surface area (Å²) < 4.78 is 5.18. The van der Waals surface area contributed by atoms with Crippen molar-refractivity contribution < 1.29 is 9.53 Å². The van der Waals surface area contributed by atoms with Gasteiger partial charge in [-0.05, 0) is 23.8 Å². The Balaban J connectivity index is 2.38. The quantitative estimate of drug-likeness (QED) is 0.749. The van der Waals surface area contributed by atoms with Crippen molar-refractivity contribution in [2.45, 2.75) is 12.5 Å². The van der Waals surface area contributed by atoms with Crippen LogP contribution in [0.3, 0.4) is 0 Å². The van der Waals surface area contributed by atoms with E-state index in [1.807, 2.05) is 37.2 Å². The van der Waals surface area contributed by atoms with Crippen LogP contribution in [0.4, 0.5) is 5.69 Å². The van der Waals surface area contributed by atoms with Crippen LogP contribution in [0.15, 0.2) is 18.2 Å². The predicted octanol–water partition coefficient (Wildman–Crippen LogP) is 0.793. The first-order chi connectivity index (χ1) is 7.61. The lowest BCUT2D eigenvalue weighted by molar-refractivity contribution is 0.0279. The second-order valence-corrected chi connectivity index (χ2v) is 4.20. The lowest BCUT2D eigenvalue weighted by Crippen LogP contribution is -2.33. The number of hydrogen-bond donors (Lipinski definition) is 1. The first kappa shape index (κ1) is 11.0. The molecular weight excluding hydrogens is 204 g/mol. The van der Waals surface area contributed by atoms with Crippen molar-refractivity contribution in [3.8, 4) is 0 Å². The highest BCUT2D eigenvalue weighted by Gasteiger charge is 2.25. The zero-order chi connectivity index (χ0) is 11.7. The maximum Gasteiger partial charge on any atom is 0.338 e. The Morgan fingerprint density at radius 1 is 1.50 bits per heavy atom. The monoisotopic (exact) mass is 220 g/mol. The topological polar surface area (TPSA) is 55.6 Å². The largest absolute Gasteiger partial charge is 0.457 e. The third-order valence-electron chi connectivity index (χ3n) is 2.81. The number of ether oxygens (including phenoxy) is 1. The fourth-order valence-corrected chi connectivity index (χ4v) is 1.86. The molecule has 1 aromatic carbocycles. The van der Waals surface area contributed by atoms with Gasteiger partial charge in [-0.3, -0.25) is 0 Å². The number of nitrogens with two attached hydrogens (primary N) is 1. The summed E-state index contributed by atoms with van der Waals surface area (Å²) in [4.78, 5) is 13.7. The lowest BCUT2D eigenvalue weighted by Gasteiger charge is -2.25. The first-order valence-corrected chi connectivity index (χ1v) is 5.33. The molecule has 86 valence electrons. The van der Waals surface area contributed by atoms with E-state index in [0.29, 0.717) is 18.5 Å². The fraction of sp³-hybridized carbons (Fsp3) is 0.417. The van der Waals surface area contributed by atoms with Crippen molar-refractivity contribution in [3.05, 3.63) is 29.3 Å². The number of rotatable bonds is 2. The second kappa shape index (κ2) is 4.14. The minimum atomic E-state index is -0.262. The molecule has 0 saturated heterocycles. The number of carbonyl (C=O) groups is 1. The molecule has 4 nitrogen and oxygen atoms in total. The summed E-state index contributed by atoms with van der Waals surface area (Å²) >= 11 is 0. The van der Waals surface area contributed by atoms with Crippen LogP contribution in [-0.2, 0) is 11.2 Å². The Kier molecular flexibility index (Phi) is 2.83. The number of fused-ring (bicyclic) bond motifs is 1. The summed E-state index contributed by atoms with van der Waals surface area (Å²) in [5, 5.41) is 0. The summed E-state index contributed by atoms with van der Waals surface area (Å²) in [6.07, 6.45) is 0.525. The van der Waals surface area contributed by atoms with Gasteiger partial charge in [-0.1, -0.05) is 0 Å². The molecule has 1 aliphatic rings. The average Bonchev–Trinajstić information content (AvgIpc) is 2.28. The molecule has 0 saturated carbocycles. The predicted molar refractivity (Wildman–Crippen MR) is 62.7 cm³/mol. The highest BCUT2D eigenvalue weighted by atomic mass is 16.5. The third-order valence-corrected chi connectivity index (χ3v) is 2.81. The van der Waals surface area contributed by atoms with Crippen molar-refractivity contribution >= 4 is 11.7 Å². The summed E-state index contributed by atoms with van der Waals surface area (Å²) in [6, 6.07) is 5.76. The van der Waals surface area contributed by atoms with Crippen LogP contribution in [0.5, 0.6) is 0 Å². The summed E-state index contributed by atoms with van der Waals surface area (Å²) in [6.45, 7) is 0.372. The molecule has 0 aliphatic carbocycles. The minimum Gasteiger partial charge on any atom is -0.457 e. The van der Waals surface area contributed by atoms with Gasteiger partial charge in [0.25, 0.3) is 0 Å². The summed E-state index contributed by atoms with van der Waals surface area (Å²) in [7, 11) is 3.95. The Morgan fingerprint density at radius 3 is 2.88 bits per heavy atom. The Labute approximate surface area is 95.0 Å². The zero-order valence-electron chi connectivity index (χ0n) is 9.56. The number of carbonyl (C=O) groups excluding carboxylic acids is 1. The maximum absolute atomic E-state index is 11.6. The standard InChI is InChI=1S/C12H16N2O2/c1-14(2)9-3-4-11-8(5-9)6-10(7-13)16-12(11)15/h3-5,10H,6-7,13H2,1-2H3. The third kappa shape index (κ3) is 1.88. The molecule has 1 aromatic rings. The van der Waals surface area contributed by atoms with Gasteiger partial charge in [-0.15, -0.1) is 0 Å². The number of anilines is 1. The molecule has 2 rings (SSSR count). The minimum absolute atomic E-state index is 0.183. The Hall–Kier alpha value is -1.55. The van der Waals surface area contributed by atoms with Crippen LogP contribution < -0.4 is 10.6 Å². The van der Waals surface area contributed by atoms with E-state index in [2.05, 4.69) is 0 Å². The molecule has 0 spiro atoms. The second-order valence-electron chi connectivity index (χ2n) is 4.20. The van der Waals surface area contributed by atoms with Gasteiger partial charge in [-0.2, -0.15) is 0 Å². The van der Waals surface area contributed by atoms with Gasteiger partial charge in [0.1, 0.15) is 6.10 Å². The molecule has 4 heteroatoms. The van der Waals surface area contributed by atoms with E-state index in [1.165, 1.54) is 0 Å². The number of esters is 1. The average molecular weight is 220 g/mol. The highest BCUT2D eigenvalue weighted by Crippen LogP contribution is 2.24. The SMILES string of the molecule is CN(C)c1ccc2c(c1)CC(CN)OC2=O. The van der Waals surface area contributed by atoms with Crippen molar-refractivity contribution in [2.24, 2.45) is 5.73 Å². The Bertz CT molecular complexity index is 415. The van der Waals surface area contributed by atoms with E-state index < -0.39 is 0 Å². The molecule has 1 unspecified atom stereocenters. The zero-order valence-corrected chi connectivity index (χ0v) is 9.56. The maximum atomic E-state index is 11.6. The normalized spacial score (nSPS) is 18.9. The van der Waals surface area contributed by atoms with Crippen LogP contribution >= 0.6 is 0 Å². The van der Waals surface area contributed by atoms with Crippen LogP contribution in [-0.4, -0.2) is 32.7 Å². The fourth-order valence-electron chi connectivity index (χ4n) is 1.86. The number of nitrogens with zero attached hydrogens (tertiary/aromatic N) is 1. The van der Waals surface area contributed by atoms with Crippen LogP contribution in [0, 0.1) is 0 Å². The Morgan fingerprint density at radius 2 is 2.25 bits per heavy atom. The van der Waals surface area contributed by atoms with Gasteiger partial charge in [0, 0.05) is 32.7 Å². The van der Waals surface area contributed by atoms with Crippen LogP contribution in [0.2, 0.25) is 0 Å². The van der Waals surface area contributed by atoms with Crippen molar-refractivity contribution in [1.82, 2.24) is 0 Å². The van der Waals surface area contributed by atoms with E-state index in [9.17, 15) is 4.79 Å². The first-order valence-electron chi connectivity index (χ1n) is 5.33. The van der Waals surface area contributed by atoms with Gasteiger partial charge in [0.05, 0.1) is 5.56 Å². The molecular formula is C12H16N2O2. The van der Waals surface area contributed by atoms with Crippen LogP contribution in [0.25, 0.3) is 0 Å². The molecule has 0 amide bonds. The molecule has 0 aromatic heterocycles. The van der Waals surface area contributed by atoms with E-state index >= 15 is 0 Å². The molecule has 2 N–H and O–H groups in total. The van der Waals surface area contributed by atoms with Gasteiger partial charge >= 0.3 is 5.97 Å². The van der Waals surface area contributed by atoms with Gasteiger partial charge in [-0.25, -0.2) is 4.79 Å². The molecule has 1 heterocycles. The van der Waals surface area contributed by atoms with Crippen molar-refractivity contribution in [2.75, 3.05) is 25.5 Å². The van der Waals surface area contributed by atoms with Crippen molar-refractivity contribution in [1.29, 1.82) is 0 Å². The molecule has 1 atom stereocenters. The van der Waals surface area contributed by atoms with E-state index in [-0.39, 0.29) is 12.1 Å². The van der Waals surface area contributed by atoms with E-state index in [0.717, 1.165) is 11.3 Å². The lowest BCUT2D eigenvalue weighted by atomic mass is 9.98. The molecule has 0 bridgehead atoms. The van der Waals surface area contributed by atoms with Crippen LogP contribution in [0.1, 0.15) is 15.9 Å². The molecule has 0 radical (unpaired) electrons. The van der Waals surface area contributed by atoms with Crippen molar-refractivity contribution in [3.63, 3.8) is 0 Å². The highest BCUT2D eigenvalue weighted by molar-refractivity contribution is 5.92. The van der Waals surface area contributed by atoms with Gasteiger partial charge in [0.15, 0.2) is 0 Å². The van der Waals surface area contributed by atoms with E-state index in [1.54, 1.807) is 0 Å². The summed E-state index contributed by atoms with van der Waals surface area (Å²) in [5.74, 6) is -0.262. The van der Waals surface area contributed by atoms with Gasteiger partial charge < -0.3 is 15.4 Å². The number of benzene rings is 1. The molecule has 16 heavy (non-hydrogen) atoms. The van der Waals surface area contributed by atoms with Gasteiger partial charge in [0.2, 0.25) is 0 Å². The number of hydrogen-bond acceptors (Lipinski definition) is 4. The number of cyclic esters (lactones) is 1. The summed E-state index contributed by atoms with van der Waals surface area (Å²) in [5.41, 5.74) is 8.31. The molecule has 0 fully saturated rings. The van der Waals surface area contributed by atoms with E-state index in [4.69, 9.17) is 10.5 Å². The smallest absolute Gasteiger partial charge is 0.338 e.